The summed E-state index contributed by atoms with van der Waals surface area (Å²) in [5.41, 5.74) is 0.767. The lowest BCUT2D eigenvalue weighted by atomic mass is 9.91. The fourth-order valence-electron chi connectivity index (χ4n) is 2.91. The van der Waals surface area contributed by atoms with Crippen LogP contribution < -0.4 is 0 Å². The van der Waals surface area contributed by atoms with E-state index in [2.05, 4.69) is 27.7 Å². The lowest BCUT2D eigenvalue weighted by Crippen LogP contribution is -2.03. The highest BCUT2D eigenvalue weighted by Crippen LogP contribution is 2.63. The van der Waals surface area contributed by atoms with Crippen molar-refractivity contribution in [3.8, 4) is 0 Å². The second-order valence-corrected chi connectivity index (χ2v) is 4.31. The quantitative estimate of drug-likeness (QED) is 0.577. The molecular formula is C11H22. The monoisotopic (exact) mass is 154 g/mol. The van der Waals surface area contributed by atoms with Crippen LogP contribution in [0.3, 0.4) is 0 Å². The first-order chi connectivity index (χ1) is 5.19. The van der Waals surface area contributed by atoms with Crippen molar-refractivity contribution in [1.82, 2.24) is 0 Å². The topological polar surface area (TPSA) is 0 Å². The van der Waals surface area contributed by atoms with Gasteiger partial charge in [-0.2, -0.15) is 0 Å². The minimum Gasteiger partial charge on any atom is -0.0654 e. The summed E-state index contributed by atoms with van der Waals surface area (Å²) in [5, 5.41) is 0. The molecule has 66 valence electrons. The molecule has 2 atom stereocenters. The van der Waals surface area contributed by atoms with Gasteiger partial charge in [-0.3, -0.25) is 0 Å². The van der Waals surface area contributed by atoms with Gasteiger partial charge >= 0.3 is 0 Å². The Morgan fingerprint density at radius 1 is 0.909 bits per heavy atom. The smallest absolute Gasteiger partial charge is 0.0241 e. The van der Waals surface area contributed by atoms with Gasteiger partial charge in [0.15, 0.2) is 0 Å². The van der Waals surface area contributed by atoms with E-state index in [1.165, 1.54) is 25.7 Å². The molecular weight excluding hydrogens is 132 g/mol. The second-order valence-electron chi connectivity index (χ2n) is 4.31. The van der Waals surface area contributed by atoms with Crippen molar-refractivity contribution in [2.75, 3.05) is 0 Å². The summed E-state index contributed by atoms with van der Waals surface area (Å²) in [6, 6.07) is 0. The highest BCUT2D eigenvalue weighted by Gasteiger charge is 2.56. The largest absolute Gasteiger partial charge is 0.0654 e. The molecule has 0 amide bonds. The standard InChI is InChI=1S/C11H22/c1-5-7-11(8-6-2)9(3)10(11)4/h9-10H,5-8H2,1-4H3. The summed E-state index contributed by atoms with van der Waals surface area (Å²) in [4.78, 5) is 0. The maximum Gasteiger partial charge on any atom is -0.0241 e. The van der Waals surface area contributed by atoms with E-state index in [1.54, 1.807) is 0 Å². The first kappa shape index (κ1) is 9.09. The molecule has 0 aliphatic heterocycles. The summed E-state index contributed by atoms with van der Waals surface area (Å²) in [7, 11) is 0. The minimum absolute atomic E-state index is 0.767. The van der Waals surface area contributed by atoms with Crippen LogP contribution in [0.2, 0.25) is 0 Å². The molecule has 0 N–H and O–H groups in total. The third-order valence-electron chi connectivity index (χ3n) is 3.89. The van der Waals surface area contributed by atoms with Crippen molar-refractivity contribution in [2.24, 2.45) is 17.3 Å². The molecule has 11 heavy (non-hydrogen) atoms. The van der Waals surface area contributed by atoms with Gasteiger partial charge in [-0.15, -0.1) is 0 Å². The van der Waals surface area contributed by atoms with E-state index in [4.69, 9.17) is 0 Å². The Labute approximate surface area is 71.4 Å². The van der Waals surface area contributed by atoms with E-state index in [1.807, 2.05) is 0 Å². The molecule has 1 fully saturated rings. The molecule has 1 aliphatic rings. The second kappa shape index (κ2) is 3.16. The maximum absolute atomic E-state index is 2.43. The molecule has 0 aromatic rings. The number of rotatable bonds is 4. The zero-order valence-corrected chi connectivity index (χ0v) is 8.48. The van der Waals surface area contributed by atoms with Crippen molar-refractivity contribution in [1.29, 1.82) is 0 Å². The average Bonchev–Trinajstić information content (AvgIpc) is 2.44. The first-order valence-corrected chi connectivity index (χ1v) is 5.19. The molecule has 1 aliphatic carbocycles. The normalized spacial score (nSPS) is 33.8. The van der Waals surface area contributed by atoms with Gasteiger partial charge in [0.2, 0.25) is 0 Å². The van der Waals surface area contributed by atoms with Crippen LogP contribution in [0.15, 0.2) is 0 Å². The Morgan fingerprint density at radius 2 is 1.27 bits per heavy atom. The summed E-state index contributed by atoms with van der Waals surface area (Å²) < 4.78 is 0. The van der Waals surface area contributed by atoms with Crippen molar-refractivity contribution in [2.45, 2.75) is 53.4 Å². The predicted octanol–water partition coefficient (Wildman–Crippen LogP) is 3.86. The van der Waals surface area contributed by atoms with Gasteiger partial charge in [0.1, 0.15) is 0 Å². The summed E-state index contributed by atoms with van der Waals surface area (Å²) >= 11 is 0. The third-order valence-corrected chi connectivity index (χ3v) is 3.89. The molecule has 1 rings (SSSR count). The van der Waals surface area contributed by atoms with Crippen LogP contribution in [0.25, 0.3) is 0 Å². The Kier molecular flexibility index (Phi) is 2.61. The Balaban J connectivity index is 2.47. The Hall–Kier alpha value is 0. The van der Waals surface area contributed by atoms with E-state index >= 15 is 0 Å². The van der Waals surface area contributed by atoms with Gasteiger partial charge in [0.25, 0.3) is 0 Å². The molecule has 0 saturated heterocycles. The van der Waals surface area contributed by atoms with Crippen LogP contribution in [0, 0.1) is 17.3 Å². The van der Waals surface area contributed by atoms with Crippen LogP contribution in [0.5, 0.6) is 0 Å². The molecule has 0 heteroatoms. The van der Waals surface area contributed by atoms with Crippen LogP contribution in [-0.2, 0) is 0 Å². The Bertz CT molecular complexity index is 110. The van der Waals surface area contributed by atoms with Crippen LogP contribution in [0.4, 0.5) is 0 Å². The summed E-state index contributed by atoms with van der Waals surface area (Å²) in [6.07, 6.45) is 5.66. The first-order valence-electron chi connectivity index (χ1n) is 5.19. The van der Waals surface area contributed by atoms with E-state index in [0.29, 0.717) is 0 Å². The highest BCUT2D eigenvalue weighted by atomic mass is 14.6. The summed E-state index contributed by atoms with van der Waals surface area (Å²) in [5.74, 6) is 2.00. The van der Waals surface area contributed by atoms with Crippen LogP contribution >= 0.6 is 0 Å². The molecule has 0 aromatic carbocycles. The number of hydrogen-bond acceptors (Lipinski definition) is 0. The number of hydrogen-bond donors (Lipinski definition) is 0. The molecule has 0 nitrogen and oxygen atoms in total. The SMILES string of the molecule is CCCC1(CCC)C(C)C1C. The van der Waals surface area contributed by atoms with Gasteiger partial charge in [-0.05, 0) is 30.1 Å². The van der Waals surface area contributed by atoms with Gasteiger partial charge in [-0.25, -0.2) is 0 Å². The van der Waals surface area contributed by atoms with Gasteiger partial charge in [0.05, 0.1) is 0 Å². The lowest BCUT2D eigenvalue weighted by Gasteiger charge is -2.14. The van der Waals surface area contributed by atoms with E-state index in [-0.39, 0.29) is 0 Å². The van der Waals surface area contributed by atoms with Crippen molar-refractivity contribution in [3.63, 3.8) is 0 Å². The predicted molar refractivity (Wildman–Crippen MR) is 50.6 cm³/mol. The average molecular weight is 154 g/mol. The van der Waals surface area contributed by atoms with Crippen molar-refractivity contribution >= 4 is 0 Å². The minimum atomic E-state index is 0.767. The van der Waals surface area contributed by atoms with E-state index < -0.39 is 0 Å². The van der Waals surface area contributed by atoms with E-state index in [9.17, 15) is 0 Å². The van der Waals surface area contributed by atoms with Gasteiger partial charge in [0, 0.05) is 0 Å². The fourth-order valence-corrected chi connectivity index (χ4v) is 2.91. The van der Waals surface area contributed by atoms with Crippen LogP contribution in [-0.4, -0.2) is 0 Å². The van der Waals surface area contributed by atoms with Gasteiger partial charge in [-0.1, -0.05) is 40.5 Å². The lowest BCUT2D eigenvalue weighted by molar-refractivity contribution is 0.366. The zero-order chi connectivity index (χ0) is 8.48. The molecule has 0 radical (unpaired) electrons. The molecule has 0 bridgehead atoms. The fraction of sp³-hybridized carbons (Fsp3) is 1.00. The van der Waals surface area contributed by atoms with Crippen molar-refractivity contribution in [3.05, 3.63) is 0 Å². The zero-order valence-electron chi connectivity index (χ0n) is 8.48. The molecule has 0 heterocycles. The van der Waals surface area contributed by atoms with Gasteiger partial charge < -0.3 is 0 Å². The van der Waals surface area contributed by atoms with E-state index in [0.717, 1.165) is 17.3 Å². The third kappa shape index (κ3) is 1.32. The maximum atomic E-state index is 2.43. The highest BCUT2D eigenvalue weighted by molar-refractivity contribution is 5.05. The molecule has 1 saturated carbocycles. The van der Waals surface area contributed by atoms with Crippen molar-refractivity contribution < 1.29 is 0 Å². The summed E-state index contributed by atoms with van der Waals surface area (Å²) in [6.45, 7) is 9.48. The Morgan fingerprint density at radius 3 is 1.45 bits per heavy atom. The van der Waals surface area contributed by atoms with Crippen LogP contribution in [0.1, 0.15) is 53.4 Å². The molecule has 0 spiro atoms. The molecule has 2 unspecified atom stereocenters. The molecule has 0 aromatic heterocycles.